The van der Waals surface area contributed by atoms with Crippen molar-refractivity contribution < 1.29 is 18.0 Å². The molecule has 0 aliphatic rings. The lowest BCUT2D eigenvalue weighted by molar-refractivity contribution is -0.116. The molecule has 0 spiro atoms. The number of rotatable bonds is 4. The average Bonchev–Trinajstić information content (AvgIpc) is 2.25. The lowest BCUT2D eigenvalue weighted by Crippen LogP contribution is -2.05. The topological polar surface area (TPSA) is 17.1 Å². The number of Topliss-reactive ketones (excluding diaryl/α,β-unsaturated/α-hetero) is 1. The molecule has 1 atom stereocenters. The van der Waals surface area contributed by atoms with Gasteiger partial charge in [-0.2, -0.15) is 13.2 Å². The predicted octanol–water partition coefficient (Wildman–Crippen LogP) is 4.89. The fourth-order valence-electron chi connectivity index (χ4n) is 1.55. The van der Waals surface area contributed by atoms with Crippen molar-refractivity contribution in [1.29, 1.82) is 0 Å². The number of aryl methyl sites for hydroxylation is 1. The molecule has 100 valence electrons. The van der Waals surface area contributed by atoms with Crippen LogP contribution >= 0.6 is 27.7 Å². The standard InChI is InChI=1S/C12H12BrF3OS/c1-3-8-6-9(18-12(14,15)16)4-5-10(8)11(13)7(2)17/h4-6,11H,3H2,1-2H3. The number of hydrogen-bond acceptors (Lipinski definition) is 2. The molecule has 6 heteroatoms. The molecule has 0 aliphatic carbocycles. The van der Waals surface area contributed by atoms with E-state index in [-0.39, 0.29) is 22.4 Å². The van der Waals surface area contributed by atoms with Crippen LogP contribution in [0.3, 0.4) is 0 Å². The number of halogens is 4. The van der Waals surface area contributed by atoms with Crippen molar-refractivity contribution in [2.75, 3.05) is 0 Å². The first-order valence-electron chi connectivity index (χ1n) is 5.27. The van der Waals surface area contributed by atoms with Gasteiger partial charge in [-0.3, -0.25) is 4.79 Å². The number of alkyl halides is 4. The molecule has 0 saturated heterocycles. The normalized spacial score (nSPS) is 13.4. The Morgan fingerprint density at radius 2 is 2.06 bits per heavy atom. The van der Waals surface area contributed by atoms with Gasteiger partial charge in [0.05, 0.1) is 4.83 Å². The molecule has 0 aromatic heterocycles. The smallest absolute Gasteiger partial charge is 0.298 e. The van der Waals surface area contributed by atoms with Gasteiger partial charge in [0.15, 0.2) is 0 Å². The van der Waals surface area contributed by atoms with E-state index in [0.29, 0.717) is 6.42 Å². The quantitative estimate of drug-likeness (QED) is 0.573. The molecule has 1 aromatic rings. The van der Waals surface area contributed by atoms with Crippen molar-refractivity contribution in [3.05, 3.63) is 29.3 Å². The minimum Gasteiger partial charge on any atom is -0.298 e. The van der Waals surface area contributed by atoms with Crippen LogP contribution in [0.15, 0.2) is 23.1 Å². The summed E-state index contributed by atoms with van der Waals surface area (Å²) >= 11 is 3.11. The fourth-order valence-corrected chi connectivity index (χ4v) is 2.60. The summed E-state index contributed by atoms with van der Waals surface area (Å²) in [5.74, 6) is -0.0686. The van der Waals surface area contributed by atoms with E-state index in [0.717, 1.165) is 11.1 Å². The van der Waals surface area contributed by atoms with Crippen molar-refractivity contribution >= 4 is 33.5 Å². The average molecular weight is 341 g/mol. The van der Waals surface area contributed by atoms with E-state index in [4.69, 9.17) is 0 Å². The predicted molar refractivity (Wildman–Crippen MR) is 70.1 cm³/mol. The van der Waals surface area contributed by atoms with Gasteiger partial charge in [0.25, 0.3) is 0 Å². The Kier molecular flexibility index (Phi) is 5.28. The molecule has 0 fully saturated rings. The lowest BCUT2D eigenvalue weighted by atomic mass is 10.0. The van der Waals surface area contributed by atoms with E-state index >= 15 is 0 Å². The van der Waals surface area contributed by atoms with E-state index in [2.05, 4.69) is 15.9 Å². The second-order valence-electron chi connectivity index (χ2n) is 3.74. The second-order valence-corrected chi connectivity index (χ2v) is 5.79. The molecule has 0 heterocycles. The second kappa shape index (κ2) is 6.10. The summed E-state index contributed by atoms with van der Waals surface area (Å²) in [4.78, 5) is 11.0. The zero-order valence-electron chi connectivity index (χ0n) is 9.84. The van der Waals surface area contributed by atoms with E-state index in [1.807, 2.05) is 6.92 Å². The molecule has 0 N–H and O–H groups in total. The number of hydrogen-bond donors (Lipinski definition) is 0. The van der Waals surface area contributed by atoms with Crippen LogP contribution in [-0.4, -0.2) is 11.3 Å². The number of thioether (sulfide) groups is 1. The van der Waals surface area contributed by atoms with Gasteiger partial charge in [-0.25, -0.2) is 0 Å². The SMILES string of the molecule is CCc1cc(SC(F)(F)F)ccc1C(Br)C(C)=O. The largest absolute Gasteiger partial charge is 0.446 e. The molecule has 0 aliphatic heterocycles. The maximum atomic E-state index is 12.3. The van der Waals surface area contributed by atoms with E-state index in [9.17, 15) is 18.0 Å². The third kappa shape index (κ3) is 4.31. The van der Waals surface area contributed by atoms with Gasteiger partial charge < -0.3 is 0 Å². The maximum absolute atomic E-state index is 12.3. The first-order valence-corrected chi connectivity index (χ1v) is 7.01. The molecular formula is C12H12BrF3OS. The zero-order valence-corrected chi connectivity index (χ0v) is 12.2. The van der Waals surface area contributed by atoms with E-state index in [1.54, 1.807) is 6.07 Å². The highest BCUT2D eigenvalue weighted by Gasteiger charge is 2.29. The van der Waals surface area contributed by atoms with Gasteiger partial charge in [-0.1, -0.05) is 28.9 Å². The van der Waals surface area contributed by atoms with Crippen LogP contribution in [0.5, 0.6) is 0 Å². The van der Waals surface area contributed by atoms with Crippen molar-refractivity contribution in [2.24, 2.45) is 0 Å². The summed E-state index contributed by atoms with van der Waals surface area (Å²) in [7, 11) is 0. The highest BCUT2D eigenvalue weighted by atomic mass is 79.9. The summed E-state index contributed by atoms with van der Waals surface area (Å²) in [5.41, 5.74) is -2.81. The molecule has 0 amide bonds. The number of benzene rings is 1. The summed E-state index contributed by atoms with van der Waals surface area (Å²) in [6.45, 7) is 3.29. The highest BCUT2D eigenvalue weighted by Crippen LogP contribution is 2.38. The van der Waals surface area contributed by atoms with Gasteiger partial charge in [0.2, 0.25) is 0 Å². The molecule has 1 unspecified atom stereocenters. The summed E-state index contributed by atoms with van der Waals surface area (Å²) in [6.07, 6.45) is 0.580. The summed E-state index contributed by atoms with van der Waals surface area (Å²) in [5, 5.41) is 0. The van der Waals surface area contributed by atoms with Gasteiger partial charge in [0, 0.05) is 4.90 Å². The zero-order chi connectivity index (χ0) is 13.9. The van der Waals surface area contributed by atoms with Crippen molar-refractivity contribution in [2.45, 2.75) is 35.5 Å². The van der Waals surface area contributed by atoms with Crippen LogP contribution in [0.2, 0.25) is 0 Å². The Bertz CT molecular complexity index is 445. The Balaban J connectivity index is 3.07. The molecule has 1 aromatic carbocycles. The number of carbonyl (C=O) groups is 1. The molecule has 1 nitrogen and oxygen atoms in total. The van der Waals surface area contributed by atoms with Crippen LogP contribution in [-0.2, 0) is 11.2 Å². The molecule has 0 saturated carbocycles. The Morgan fingerprint density at radius 1 is 1.44 bits per heavy atom. The minimum atomic E-state index is -4.29. The highest BCUT2D eigenvalue weighted by molar-refractivity contribution is 9.09. The van der Waals surface area contributed by atoms with Crippen LogP contribution in [0.1, 0.15) is 29.8 Å². The monoisotopic (exact) mass is 340 g/mol. The van der Waals surface area contributed by atoms with Crippen LogP contribution in [0, 0.1) is 0 Å². The minimum absolute atomic E-state index is 0.0686. The Hall–Kier alpha value is -0.490. The van der Waals surface area contributed by atoms with Crippen molar-refractivity contribution in [3.63, 3.8) is 0 Å². The third-order valence-electron chi connectivity index (χ3n) is 2.36. The molecule has 0 radical (unpaired) electrons. The Labute approximate surface area is 116 Å². The van der Waals surface area contributed by atoms with Gasteiger partial charge in [0.1, 0.15) is 5.78 Å². The fraction of sp³-hybridized carbons (Fsp3) is 0.417. The molecule has 0 bridgehead atoms. The summed E-state index contributed by atoms with van der Waals surface area (Å²) in [6, 6.07) is 4.46. The lowest BCUT2D eigenvalue weighted by Gasteiger charge is -2.14. The van der Waals surface area contributed by atoms with Crippen LogP contribution < -0.4 is 0 Å². The Morgan fingerprint density at radius 3 is 2.50 bits per heavy atom. The molecule has 1 rings (SSSR count). The van der Waals surface area contributed by atoms with Crippen molar-refractivity contribution in [1.82, 2.24) is 0 Å². The number of carbonyl (C=O) groups excluding carboxylic acids is 1. The van der Waals surface area contributed by atoms with Crippen molar-refractivity contribution in [3.8, 4) is 0 Å². The van der Waals surface area contributed by atoms with Gasteiger partial charge in [-0.15, -0.1) is 0 Å². The van der Waals surface area contributed by atoms with E-state index in [1.165, 1.54) is 19.1 Å². The van der Waals surface area contributed by atoms with Crippen LogP contribution in [0.25, 0.3) is 0 Å². The maximum Gasteiger partial charge on any atom is 0.446 e. The van der Waals surface area contributed by atoms with E-state index < -0.39 is 10.3 Å². The first-order chi connectivity index (χ1) is 8.24. The molecular weight excluding hydrogens is 329 g/mol. The van der Waals surface area contributed by atoms with Gasteiger partial charge >= 0.3 is 5.51 Å². The van der Waals surface area contributed by atoms with Crippen LogP contribution in [0.4, 0.5) is 13.2 Å². The number of ketones is 1. The third-order valence-corrected chi connectivity index (χ3v) is 4.22. The first kappa shape index (κ1) is 15.6. The van der Waals surface area contributed by atoms with Gasteiger partial charge in [-0.05, 0) is 48.4 Å². The summed E-state index contributed by atoms with van der Waals surface area (Å²) < 4.78 is 36.8. The molecule has 18 heavy (non-hydrogen) atoms.